The van der Waals surface area contributed by atoms with Crippen LogP contribution in [0.25, 0.3) is 22.6 Å². The van der Waals surface area contributed by atoms with Gasteiger partial charge in [-0.1, -0.05) is 12.1 Å². The van der Waals surface area contributed by atoms with Crippen LogP contribution in [0.2, 0.25) is 0 Å². The second-order valence-electron chi connectivity index (χ2n) is 7.04. The minimum atomic E-state index is -0.257. The fourth-order valence-electron chi connectivity index (χ4n) is 3.25. The van der Waals surface area contributed by atoms with Crippen molar-refractivity contribution >= 4 is 22.7 Å². The van der Waals surface area contributed by atoms with Gasteiger partial charge in [-0.2, -0.15) is 0 Å². The molecule has 0 aliphatic heterocycles. The lowest BCUT2D eigenvalue weighted by Gasteiger charge is -2.08. The van der Waals surface area contributed by atoms with Gasteiger partial charge in [-0.3, -0.25) is 4.79 Å². The predicted molar refractivity (Wildman–Crippen MR) is 116 cm³/mol. The van der Waals surface area contributed by atoms with E-state index in [0.29, 0.717) is 17.3 Å². The SMILES string of the molecule is COc1ccc(OCC(=O)Nc2cccc(-c3nc4cc(C)cc(C)c4o3)c2)cc1. The largest absolute Gasteiger partial charge is 0.497 e. The molecule has 1 amide bonds. The van der Waals surface area contributed by atoms with E-state index in [9.17, 15) is 4.79 Å². The smallest absolute Gasteiger partial charge is 0.262 e. The van der Waals surface area contributed by atoms with Gasteiger partial charge in [-0.15, -0.1) is 0 Å². The average molecular weight is 402 g/mol. The number of nitrogens with zero attached hydrogens (tertiary/aromatic N) is 1. The lowest BCUT2D eigenvalue weighted by Crippen LogP contribution is -2.20. The Morgan fingerprint density at radius 2 is 1.80 bits per heavy atom. The van der Waals surface area contributed by atoms with Crippen LogP contribution in [0.1, 0.15) is 11.1 Å². The number of rotatable bonds is 6. The fraction of sp³-hybridized carbons (Fsp3) is 0.167. The number of aromatic nitrogens is 1. The van der Waals surface area contributed by atoms with E-state index < -0.39 is 0 Å². The number of benzene rings is 3. The maximum Gasteiger partial charge on any atom is 0.262 e. The third-order valence-electron chi connectivity index (χ3n) is 4.64. The molecule has 0 spiro atoms. The normalized spacial score (nSPS) is 10.8. The van der Waals surface area contributed by atoms with Gasteiger partial charge in [0.25, 0.3) is 5.91 Å². The van der Waals surface area contributed by atoms with E-state index in [0.717, 1.165) is 33.5 Å². The Morgan fingerprint density at radius 1 is 1.03 bits per heavy atom. The average Bonchev–Trinajstić information content (AvgIpc) is 3.17. The molecular formula is C24H22N2O4. The summed E-state index contributed by atoms with van der Waals surface area (Å²) in [6.45, 7) is 3.94. The molecule has 0 fully saturated rings. The Morgan fingerprint density at radius 3 is 2.57 bits per heavy atom. The van der Waals surface area contributed by atoms with Crippen LogP contribution >= 0.6 is 0 Å². The number of hydrogen-bond acceptors (Lipinski definition) is 5. The Bertz CT molecular complexity index is 1200. The first-order valence-electron chi connectivity index (χ1n) is 9.57. The first-order valence-corrected chi connectivity index (χ1v) is 9.57. The molecule has 30 heavy (non-hydrogen) atoms. The van der Waals surface area contributed by atoms with Gasteiger partial charge >= 0.3 is 0 Å². The van der Waals surface area contributed by atoms with Crippen molar-refractivity contribution < 1.29 is 18.7 Å². The molecule has 0 aliphatic carbocycles. The molecular weight excluding hydrogens is 380 g/mol. The molecule has 152 valence electrons. The molecule has 6 heteroatoms. The molecule has 4 aromatic rings. The highest BCUT2D eigenvalue weighted by atomic mass is 16.5. The van der Waals surface area contributed by atoms with Crippen LogP contribution < -0.4 is 14.8 Å². The summed E-state index contributed by atoms with van der Waals surface area (Å²) in [5.74, 6) is 1.58. The van der Waals surface area contributed by atoms with Crippen molar-refractivity contribution in [2.45, 2.75) is 13.8 Å². The number of carbonyl (C=O) groups is 1. The van der Waals surface area contributed by atoms with E-state index in [1.165, 1.54) is 0 Å². The number of anilines is 1. The second kappa shape index (κ2) is 8.29. The minimum Gasteiger partial charge on any atom is -0.497 e. The van der Waals surface area contributed by atoms with Crippen LogP contribution in [0, 0.1) is 13.8 Å². The van der Waals surface area contributed by atoms with Crippen molar-refractivity contribution in [1.82, 2.24) is 4.98 Å². The Kier molecular flexibility index (Phi) is 5.39. The summed E-state index contributed by atoms with van der Waals surface area (Å²) in [6, 6.07) is 18.5. The number of oxazole rings is 1. The molecule has 1 aromatic heterocycles. The highest BCUT2D eigenvalue weighted by molar-refractivity contribution is 5.92. The van der Waals surface area contributed by atoms with Crippen molar-refractivity contribution in [1.29, 1.82) is 0 Å². The van der Waals surface area contributed by atoms with E-state index in [1.54, 1.807) is 31.4 Å². The van der Waals surface area contributed by atoms with Crippen LogP contribution in [0.5, 0.6) is 11.5 Å². The standard InChI is InChI=1S/C24H22N2O4/c1-15-11-16(2)23-21(12-15)26-24(30-23)17-5-4-6-18(13-17)25-22(27)14-29-20-9-7-19(28-3)8-10-20/h4-13H,14H2,1-3H3,(H,25,27). The van der Waals surface area contributed by atoms with Gasteiger partial charge in [0.05, 0.1) is 7.11 Å². The van der Waals surface area contributed by atoms with Crippen molar-refractivity contribution in [3.05, 3.63) is 71.8 Å². The van der Waals surface area contributed by atoms with Crippen LogP contribution in [0.15, 0.2) is 65.1 Å². The summed E-state index contributed by atoms with van der Waals surface area (Å²) in [7, 11) is 1.60. The molecule has 1 heterocycles. The molecule has 0 radical (unpaired) electrons. The van der Waals surface area contributed by atoms with Gasteiger partial charge in [-0.25, -0.2) is 4.98 Å². The topological polar surface area (TPSA) is 73.6 Å². The number of hydrogen-bond donors (Lipinski definition) is 1. The zero-order valence-corrected chi connectivity index (χ0v) is 17.1. The fourth-order valence-corrected chi connectivity index (χ4v) is 3.25. The van der Waals surface area contributed by atoms with E-state index >= 15 is 0 Å². The van der Waals surface area contributed by atoms with Gasteiger partial charge in [0.15, 0.2) is 12.2 Å². The number of aryl methyl sites for hydroxylation is 2. The molecule has 0 saturated carbocycles. The third kappa shape index (κ3) is 4.27. The molecule has 0 unspecified atom stereocenters. The number of nitrogens with one attached hydrogen (secondary N) is 1. The monoisotopic (exact) mass is 402 g/mol. The minimum absolute atomic E-state index is 0.0993. The van der Waals surface area contributed by atoms with Crippen molar-refractivity contribution in [2.75, 3.05) is 19.0 Å². The van der Waals surface area contributed by atoms with E-state index in [4.69, 9.17) is 13.9 Å². The van der Waals surface area contributed by atoms with Crippen molar-refractivity contribution in [2.24, 2.45) is 0 Å². The number of methoxy groups -OCH3 is 1. The van der Waals surface area contributed by atoms with Crippen LogP contribution in [-0.2, 0) is 4.79 Å². The van der Waals surface area contributed by atoms with Gasteiger partial charge in [-0.05, 0) is 73.5 Å². The quantitative estimate of drug-likeness (QED) is 0.483. The van der Waals surface area contributed by atoms with Crippen molar-refractivity contribution in [3.8, 4) is 23.0 Å². The molecule has 3 aromatic carbocycles. The van der Waals surface area contributed by atoms with Gasteiger partial charge in [0.1, 0.15) is 17.0 Å². The number of ether oxygens (including phenoxy) is 2. The highest BCUT2D eigenvalue weighted by Gasteiger charge is 2.12. The molecule has 0 bridgehead atoms. The van der Waals surface area contributed by atoms with Crippen LogP contribution in [-0.4, -0.2) is 24.6 Å². The van der Waals surface area contributed by atoms with E-state index in [2.05, 4.69) is 16.4 Å². The highest BCUT2D eigenvalue weighted by Crippen LogP contribution is 2.28. The van der Waals surface area contributed by atoms with E-state index in [1.807, 2.05) is 44.2 Å². The number of fused-ring (bicyclic) bond motifs is 1. The Hall–Kier alpha value is -3.80. The lowest BCUT2D eigenvalue weighted by atomic mass is 10.1. The first kappa shape index (κ1) is 19.5. The number of amides is 1. The van der Waals surface area contributed by atoms with E-state index in [-0.39, 0.29) is 12.5 Å². The van der Waals surface area contributed by atoms with Gasteiger partial charge < -0.3 is 19.2 Å². The summed E-state index contributed by atoms with van der Waals surface area (Å²) in [6.07, 6.45) is 0. The predicted octanol–water partition coefficient (Wildman–Crippen LogP) is 5.14. The van der Waals surface area contributed by atoms with Gasteiger partial charge in [0, 0.05) is 11.3 Å². The summed E-state index contributed by atoms with van der Waals surface area (Å²) < 4.78 is 16.6. The Balaban J connectivity index is 1.45. The van der Waals surface area contributed by atoms with Crippen LogP contribution in [0.4, 0.5) is 5.69 Å². The molecule has 1 N–H and O–H groups in total. The Labute approximate surface area is 174 Å². The molecule has 0 saturated heterocycles. The molecule has 0 atom stereocenters. The molecule has 4 rings (SSSR count). The summed E-state index contributed by atoms with van der Waals surface area (Å²) in [5.41, 5.74) is 5.22. The second-order valence-corrected chi connectivity index (χ2v) is 7.04. The molecule has 0 aliphatic rings. The van der Waals surface area contributed by atoms with Crippen molar-refractivity contribution in [3.63, 3.8) is 0 Å². The maximum absolute atomic E-state index is 12.3. The summed E-state index contributed by atoms with van der Waals surface area (Å²) in [5, 5.41) is 2.84. The van der Waals surface area contributed by atoms with Gasteiger partial charge in [0.2, 0.25) is 5.89 Å². The number of carbonyl (C=O) groups excluding carboxylic acids is 1. The zero-order valence-electron chi connectivity index (χ0n) is 17.1. The maximum atomic E-state index is 12.3. The lowest BCUT2D eigenvalue weighted by molar-refractivity contribution is -0.118. The molecule has 6 nitrogen and oxygen atoms in total. The summed E-state index contributed by atoms with van der Waals surface area (Å²) in [4.78, 5) is 16.9. The van der Waals surface area contributed by atoms with Crippen LogP contribution in [0.3, 0.4) is 0 Å². The third-order valence-corrected chi connectivity index (χ3v) is 4.64. The summed E-state index contributed by atoms with van der Waals surface area (Å²) >= 11 is 0. The first-order chi connectivity index (χ1) is 14.5. The zero-order chi connectivity index (χ0) is 21.1.